The minimum atomic E-state index is -0.878. The monoisotopic (exact) mass is 498 g/mol. The number of hydrazone groups is 1. The Balaban J connectivity index is 1.51. The Kier molecular flexibility index (Phi) is 10.1. The fraction of sp³-hybridized carbons (Fsp3) is 0.360. The topological polar surface area (TPSA) is 137 Å². The van der Waals surface area contributed by atoms with E-state index in [1.807, 2.05) is 6.92 Å². The molecule has 0 saturated carbocycles. The highest BCUT2D eigenvalue weighted by Crippen LogP contribution is 2.28. The quantitative estimate of drug-likeness (QED) is 0.244. The van der Waals surface area contributed by atoms with E-state index in [-0.39, 0.29) is 25.2 Å². The highest BCUT2D eigenvalue weighted by Gasteiger charge is 2.19. The lowest BCUT2D eigenvalue weighted by atomic mass is 10.2. The van der Waals surface area contributed by atoms with Gasteiger partial charge in [0.25, 0.3) is 5.91 Å². The van der Waals surface area contributed by atoms with Gasteiger partial charge in [0.2, 0.25) is 0 Å². The molecule has 36 heavy (non-hydrogen) atoms. The van der Waals surface area contributed by atoms with E-state index in [1.54, 1.807) is 49.6 Å². The van der Waals surface area contributed by atoms with Crippen molar-refractivity contribution < 1.29 is 33.3 Å². The van der Waals surface area contributed by atoms with E-state index >= 15 is 0 Å². The summed E-state index contributed by atoms with van der Waals surface area (Å²) >= 11 is 0. The molecule has 0 bridgehead atoms. The molecule has 1 aliphatic heterocycles. The van der Waals surface area contributed by atoms with Crippen molar-refractivity contribution in [3.05, 3.63) is 48.0 Å². The molecule has 11 nitrogen and oxygen atoms in total. The van der Waals surface area contributed by atoms with Gasteiger partial charge < -0.3 is 29.6 Å². The van der Waals surface area contributed by atoms with Gasteiger partial charge in [0.05, 0.1) is 26.0 Å². The molecule has 1 saturated heterocycles. The van der Waals surface area contributed by atoms with Gasteiger partial charge in [-0.15, -0.1) is 0 Å². The second-order valence-electron chi connectivity index (χ2n) is 7.75. The molecule has 0 unspecified atom stereocenters. The van der Waals surface area contributed by atoms with E-state index in [0.717, 1.165) is 12.8 Å². The smallest absolute Gasteiger partial charge is 0.329 e. The lowest BCUT2D eigenvalue weighted by molar-refractivity contribution is -0.139. The molecule has 2 aromatic rings. The fourth-order valence-corrected chi connectivity index (χ4v) is 3.34. The summed E-state index contributed by atoms with van der Waals surface area (Å²) in [6, 6.07) is 11.9. The average Bonchev–Trinajstić information content (AvgIpc) is 3.41. The van der Waals surface area contributed by atoms with Crippen LogP contribution in [0.5, 0.6) is 17.2 Å². The van der Waals surface area contributed by atoms with Crippen LogP contribution in [0.2, 0.25) is 0 Å². The maximum Gasteiger partial charge on any atom is 0.329 e. The predicted octanol–water partition coefficient (Wildman–Crippen LogP) is 1.86. The van der Waals surface area contributed by atoms with Crippen molar-refractivity contribution in [2.24, 2.45) is 5.10 Å². The van der Waals surface area contributed by atoms with E-state index in [1.165, 1.54) is 6.21 Å². The van der Waals surface area contributed by atoms with E-state index in [2.05, 4.69) is 21.2 Å². The third-order valence-electron chi connectivity index (χ3n) is 5.08. The molecular formula is C25H30N4O7. The number of amides is 3. The number of ether oxygens (including phenoxy) is 4. The lowest BCUT2D eigenvalue weighted by Crippen LogP contribution is -2.41. The number of anilines is 1. The number of rotatable bonds is 11. The van der Waals surface area contributed by atoms with Crippen molar-refractivity contribution >= 4 is 29.6 Å². The molecule has 1 fully saturated rings. The lowest BCUT2D eigenvalue weighted by Gasteiger charge is -2.13. The molecule has 0 spiro atoms. The molecule has 1 heterocycles. The first-order valence-corrected chi connectivity index (χ1v) is 11.5. The van der Waals surface area contributed by atoms with Crippen LogP contribution in [0.15, 0.2) is 47.6 Å². The Morgan fingerprint density at radius 2 is 1.97 bits per heavy atom. The summed E-state index contributed by atoms with van der Waals surface area (Å²) in [4.78, 5) is 36.1. The molecule has 0 aromatic heterocycles. The summed E-state index contributed by atoms with van der Waals surface area (Å²) in [5.41, 5.74) is 3.36. The molecule has 192 valence electrons. The molecule has 0 aliphatic carbocycles. The SMILES string of the molecule is CCOc1cc(/C=N\NC(=O)C(=O)NC[C@H]2CCCO2)ccc1OCC(=O)Nc1cccc(OC)c1. The molecule has 2 aromatic carbocycles. The number of hydrogen-bond donors (Lipinski definition) is 3. The van der Waals surface area contributed by atoms with Crippen molar-refractivity contribution in [1.82, 2.24) is 10.7 Å². The standard InChI is InChI=1S/C25H30N4O7/c1-3-34-22-12-17(14-27-29-25(32)24(31)26-15-20-8-5-11-35-20)9-10-21(22)36-16-23(30)28-18-6-4-7-19(13-18)33-2/h4,6-7,9-10,12-14,20H,3,5,8,11,15-16H2,1-2H3,(H,26,31)(H,28,30)(H,29,32)/b27-14-/t20-/m1/s1. The Morgan fingerprint density at radius 1 is 1.11 bits per heavy atom. The van der Waals surface area contributed by atoms with Crippen LogP contribution in [0.3, 0.4) is 0 Å². The molecule has 3 N–H and O–H groups in total. The highest BCUT2D eigenvalue weighted by atomic mass is 16.5. The predicted molar refractivity (Wildman–Crippen MR) is 132 cm³/mol. The number of hydrogen-bond acceptors (Lipinski definition) is 8. The van der Waals surface area contributed by atoms with Crippen molar-refractivity contribution in [3.8, 4) is 17.2 Å². The van der Waals surface area contributed by atoms with E-state index in [4.69, 9.17) is 18.9 Å². The van der Waals surface area contributed by atoms with Crippen molar-refractivity contribution in [1.29, 1.82) is 0 Å². The van der Waals surface area contributed by atoms with Crippen LogP contribution in [0, 0.1) is 0 Å². The van der Waals surface area contributed by atoms with Crippen LogP contribution in [0.1, 0.15) is 25.3 Å². The first-order chi connectivity index (χ1) is 17.5. The number of methoxy groups -OCH3 is 1. The first kappa shape index (κ1) is 26.5. The van der Waals surface area contributed by atoms with Gasteiger partial charge in [0.1, 0.15) is 5.75 Å². The van der Waals surface area contributed by atoms with Crippen LogP contribution in [-0.4, -0.2) is 63.5 Å². The van der Waals surface area contributed by atoms with Gasteiger partial charge in [0, 0.05) is 24.9 Å². The van der Waals surface area contributed by atoms with Gasteiger partial charge in [-0.2, -0.15) is 5.10 Å². The molecule has 1 atom stereocenters. The Hall–Kier alpha value is -4.12. The van der Waals surface area contributed by atoms with Gasteiger partial charge in [-0.25, -0.2) is 5.43 Å². The van der Waals surface area contributed by atoms with E-state index < -0.39 is 11.8 Å². The molecule has 1 aliphatic rings. The van der Waals surface area contributed by atoms with Crippen molar-refractivity contribution in [2.45, 2.75) is 25.9 Å². The van der Waals surface area contributed by atoms with Crippen LogP contribution in [0.25, 0.3) is 0 Å². The normalized spacial score (nSPS) is 14.8. The summed E-state index contributed by atoms with van der Waals surface area (Å²) in [5.74, 6) is -0.620. The van der Waals surface area contributed by atoms with Gasteiger partial charge >= 0.3 is 11.8 Å². The molecular weight excluding hydrogens is 468 g/mol. The third kappa shape index (κ3) is 8.27. The maximum atomic E-state index is 12.3. The van der Waals surface area contributed by atoms with Gasteiger partial charge in [-0.05, 0) is 55.7 Å². The number of benzene rings is 2. The second-order valence-corrected chi connectivity index (χ2v) is 7.75. The zero-order valence-electron chi connectivity index (χ0n) is 20.2. The van der Waals surface area contributed by atoms with Crippen molar-refractivity contribution in [2.75, 3.05) is 38.8 Å². The average molecular weight is 499 g/mol. The zero-order valence-corrected chi connectivity index (χ0v) is 20.2. The molecule has 3 amide bonds. The Morgan fingerprint density at radius 3 is 2.72 bits per heavy atom. The molecule has 11 heteroatoms. The number of nitrogens with zero attached hydrogens (tertiary/aromatic N) is 1. The van der Waals surface area contributed by atoms with E-state index in [0.29, 0.717) is 41.7 Å². The molecule has 3 rings (SSSR count). The second kappa shape index (κ2) is 13.7. The summed E-state index contributed by atoms with van der Waals surface area (Å²) in [7, 11) is 1.55. The summed E-state index contributed by atoms with van der Waals surface area (Å²) in [5, 5.41) is 9.08. The summed E-state index contributed by atoms with van der Waals surface area (Å²) in [6.45, 7) is 2.90. The minimum Gasteiger partial charge on any atom is -0.497 e. The van der Waals surface area contributed by atoms with Crippen LogP contribution in [0.4, 0.5) is 5.69 Å². The van der Waals surface area contributed by atoms with E-state index in [9.17, 15) is 14.4 Å². The van der Waals surface area contributed by atoms with Crippen LogP contribution in [-0.2, 0) is 19.1 Å². The maximum absolute atomic E-state index is 12.3. The van der Waals surface area contributed by atoms with Gasteiger partial charge in [-0.3, -0.25) is 14.4 Å². The minimum absolute atomic E-state index is 0.0594. The van der Waals surface area contributed by atoms with Crippen LogP contribution >= 0.6 is 0 Å². The summed E-state index contributed by atoms with van der Waals surface area (Å²) in [6.07, 6.45) is 3.11. The first-order valence-electron chi connectivity index (χ1n) is 11.5. The largest absolute Gasteiger partial charge is 0.497 e. The highest BCUT2D eigenvalue weighted by molar-refractivity contribution is 6.35. The van der Waals surface area contributed by atoms with Gasteiger partial charge in [0.15, 0.2) is 18.1 Å². The van der Waals surface area contributed by atoms with Gasteiger partial charge in [-0.1, -0.05) is 6.07 Å². The Bertz CT molecular complexity index is 1080. The molecule has 0 radical (unpaired) electrons. The summed E-state index contributed by atoms with van der Waals surface area (Å²) < 4.78 is 21.8. The fourth-order valence-electron chi connectivity index (χ4n) is 3.34. The number of carbonyl (C=O) groups excluding carboxylic acids is 3. The zero-order chi connectivity index (χ0) is 25.8. The Labute approximate surface area is 209 Å². The van der Waals surface area contributed by atoms with Crippen LogP contribution < -0.4 is 30.3 Å². The number of nitrogens with one attached hydrogen (secondary N) is 3. The third-order valence-corrected chi connectivity index (χ3v) is 5.08. The van der Waals surface area contributed by atoms with Crippen molar-refractivity contribution in [3.63, 3.8) is 0 Å². The number of carbonyl (C=O) groups is 3.